The lowest BCUT2D eigenvalue weighted by atomic mass is 9.76. The average molecular weight is 293 g/mol. The summed E-state index contributed by atoms with van der Waals surface area (Å²) in [5.74, 6) is -1.45. The lowest BCUT2D eigenvalue weighted by Gasteiger charge is -2.40. The summed E-state index contributed by atoms with van der Waals surface area (Å²) < 4.78 is 12.9. The van der Waals surface area contributed by atoms with Gasteiger partial charge in [-0.25, -0.2) is 4.39 Å². The van der Waals surface area contributed by atoms with E-state index >= 15 is 0 Å². The van der Waals surface area contributed by atoms with Crippen LogP contribution in [0.2, 0.25) is 0 Å². The third-order valence-corrected chi connectivity index (χ3v) is 4.14. The van der Waals surface area contributed by atoms with E-state index in [1.54, 1.807) is 4.90 Å². The fourth-order valence-electron chi connectivity index (χ4n) is 3.04. The van der Waals surface area contributed by atoms with Gasteiger partial charge in [0.05, 0.1) is 5.41 Å². The predicted octanol–water partition coefficient (Wildman–Crippen LogP) is 2.93. The van der Waals surface area contributed by atoms with Gasteiger partial charge in [0.15, 0.2) is 0 Å². The van der Waals surface area contributed by atoms with Crippen molar-refractivity contribution >= 4 is 11.9 Å². The number of hydrogen-bond donors (Lipinski definition) is 1. The smallest absolute Gasteiger partial charge is 0.311 e. The summed E-state index contributed by atoms with van der Waals surface area (Å²) in [4.78, 5) is 25.6. The number of nitrogens with zero attached hydrogens (tertiary/aromatic N) is 1. The first kappa shape index (κ1) is 15.5. The van der Waals surface area contributed by atoms with Gasteiger partial charge in [-0.2, -0.15) is 0 Å². The minimum absolute atomic E-state index is 0.226. The van der Waals surface area contributed by atoms with Crippen molar-refractivity contribution in [2.24, 2.45) is 5.41 Å². The number of carbonyl (C=O) groups is 2. The van der Waals surface area contributed by atoms with Crippen LogP contribution < -0.4 is 0 Å². The van der Waals surface area contributed by atoms with E-state index in [0.717, 1.165) is 6.42 Å². The number of aliphatic carboxylic acids is 1. The summed E-state index contributed by atoms with van der Waals surface area (Å²) in [7, 11) is 0. The van der Waals surface area contributed by atoms with Gasteiger partial charge in [0.1, 0.15) is 5.82 Å². The molecule has 1 N–H and O–H groups in total. The Labute approximate surface area is 123 Å². The number of carbonyl (C=O) groups excluding carboxylic acids is 1. The van der Waals surface area contributed by atoms with Crippen LogP contribution in [0.5, 0.6) is 0 Å². The summed E-state index contributed by atoms with van der Waals surface area (Å²) in [5.41, 5.74) is -0.447. The monoisotopic (exact) mass is 293 g/mol. The van der Waals surface area contributed by atoms with Gasteiger partial charge in [0.25, 0.3) is 5.91 Å². The van der Waals surface area contributed by atoms with Gasteiger partial charge in [0.2, 0.25) is 0 Å². The molecule has 1 aromatic rings. The number of likely N-dealkylation sites (tertiary alicyclic amines) is 1. The first-order valence-electron chi connectivity index (χ1n) is 7.27. The Balaban J connectivity index is 2.18. The van der Waals surface area contributed by atoms with Crippen molar-refractivity contribution in [3.63, 3.8) is 0 Å². The molecule has 1 unspecified atom stereocenters. The molecule has 1 saturated heterocycles. The first-order chi connectivity index (χ1) is 9.98. The lowest BCUT2D eigenvalue weighted by Crippen LogP contribution is -2.49. The molecule has 0 saturated carbocycles. The van der Waals surface area contributed by atoms with Gasteiger partial charge in [-0.3, -0.25) is 9.59 Å². The Hall–Kier alpha value is -1.91. The molecule has 0 spiro atoms. The van der Waals surface area contributed by atoms with Crippen molar-refractivity contribution in [1.82, 2.24) is 4.90 Å². The minimum Gasteiger partial charge on any atom is -0.481 e. The molecule has 21 heavy (non-hydrogen) atoms. The molecule has 1 aliphatic heterocycles. The number of benzene rings is 1. The average Bonchev–Trinajstić information content (AvgIpc) is 2.48. The van der Waals surface area contributed by atoms with E-state index in [-0.39, 0.29) is 12.5 Å². The fraction of sp³-hybridized carbons (Fsp3) is 0.500. The second-order valence-corrected chi connectivity index (χ2v) is 5.67. The van der Waals surface area contributed by atoms with E-state index in [0.29, 0.717) is 31.4 Å². The predicted molar refractivity (Wildman–Crippen MR) is 76.5 cm³/mol. The number of hydrogen-bond acceptors (Lipinski definition) is 2. The van der Waals surface area contributed by atoms with Crippen LogP contribution >= 0.6 is 0 Å². The van der Waals surface area contributed by atoms with Crippen molar-refractivity contribution < 1.29 is 19.1 Å². The number of amides is 1. The van der Waals surface area contributed by atoms with Crippen LogP contribution in [0.15, 0.2) is 24.3 Å². The Morgan fingerprint density at radius 1 is 1.33 bits per heavy atom. The lowest BCUT2D eigenvalue weighted by molar-refractivity contribution is -0.152. The van der Waals surface area contributed by atoms with Crippen LogP contribution in [0.1, 0.15) is 43.0 Å². The quantitative estimate of drug-likeness (QED) is 0.928. The van der Waals surface area contributed by atoms with Crippen molar-refractivity contribution in [2.75, 3.05) is 13.1 Å². The number of piperidine rings is 1. The van der Waals surface area contributed by atoms with Gasteiger partial charge >= 0.3 is 5.97 Å². The molecule has 1 aliphatic rings. The van der Waals surface area contributed by atoms with Crippen molar-refractivity contribution in [3.05, 3.63) is 35.6 Å². The van der Waals surface area contributed by atoms with Gasteiger partial charge in [-0.05, 0) is 43.5 Å². The molecular formula is C16H20FNO3. The SMILES string of the molecule is CCCC1(C(=O)O)CCCN(C(=O)c2ccc(F)cc2)C1. The van der Waals surface area contributed by atoms with Crippen LogP contribution in [0.25, 0.3) is 0 Å². The number of halogens is 1. The molecule has 0 bridgehead atoms. The molecule has 0 radical (unpaired) electrons. The summed E-state index contributed by atoms with van der Waals surface area (Å²) in [6.07, 6.45) is 2.61. The van der Waals surface area contributed by atoms with Gasteiger partial charge < -0.3 is 10.0 Å². The number of carboxylic acid groups (broad SMARTS) is 1. The number of carboxylic acids is 1. The Morgan fingerprint density at radius 3 is 2.57 bits per heavy atom. The summed E-state index contributed by atoms with van der Waals surface area (Å²) in [6.45, 7) is 2.73. The van der Waals surface area contributed by atoms with E-state index in [1.807, 2.05) is 6.92 Å². The zero-order valence-electron chi connectivity index (χ0n) is 12.1. The number of rotatable bonds is 4. The highest BCUT2D eigenvalue weighted by molar-refractivity contribution is 5.94. The van der Waals surface area contributed by atoms with E-state index < -0.39 is 17.2 Å². The third-order valence-electron chi connectivity index (χ3n) is 4.14. The molecule has 0 aliphatic carbocycles. The summed E-state index contributed by atoms with van der Waals surface area (Å²) in [6, 6.07) is 5.37. The largest absolute Gasteiger partial charge is 0.481 e. The second kappa shape index (κ2) is 6.24. The highest BCUT2D eigenvalue weighted by Crippen LogP contribution is 2.35. The van der Waals surface area contributed by atoms with Crippen LogP contribution in [-0.4, -0.2) is 35.0 Å². The maximum absolute atomic E-state index is 12.9. The van der Waals surface area contributed by atoms with Gasteiger partial charge in [0, 0.05) is 18.7 Å². The van der Waals surface area contributed by atoms with Gasteiger partial charge in [-0.15, -0.1) is 0 Å². The minimum atomic E-state index is -0.845. The second-order valence-electron chi connectivity index (χ2n) is 5.67. The molecule has 1 aromatic carbocycles. The Kier molecular flexibility index (Phi) is 4.60. The molecule has 5 heteroatoms. The zero-order chi connectivity index (χ0) is 15.5. The molecular weight excluding hydrogens is 273 g/mol. The summed E-state index contributed by atoms with van der Waals surface area (Å²) in [5, 5.41) is 9.54. The van der Waals surface area contributed by atoms with Crippen LogP contribution in [0.4, 0.5) is 4.39 Å². The molecule has 1 heterocycles. The molecule has 0 aromatic heterocycles. The normalized spacial score (nSPS) is 22.1. The van der Waals surface area contributed by atoms with E-state index in [2.05, 4.69) is 0 Å². The fourth-order valence-corrected chi connectivity index (χ4v) is 3.04. The van der Waals surface area contributed by atoms with E-state index in [4.69, 9.17) is 0 Å². The summed E-state index contributed by atoms with van der Waals surface area (Å²) >= 11 is 0. The maximum atomic E-state index is 12.9. The van der Waals surface area contributed by atoms with Crippen LogP contribution in [0.3, 0.4) is 0 Å². The Morgan fingerprint density at radius 2 is 2.00 bits per heavy atom. The van der Waals surface area contributed by atoms with E-state index in [9.17, 15) is 19.1 Å². The van der Waals surface area contributed by atoms with Crippen molar-refractivity contribution in [2.45, 2.75) is 32.6 Å². The molecule has 1 amide bonds. The molecule has 1 atom stereocenters. The van der Waals surface area contributed by atoms with Crippen molar-refractivity contribution in [3.8, 4) is 0 Å². The topological polar surface area (TPSA) is 57.6 Å². The standard InChI is InChI=1S/C16H20FNO3/c1-2-8-16(15(20)21)9-3-10-18(11-16)14(19)12-4-6-13(17)7-5-12/h4-7H,2-3,8-11H2,1H3,(H,20,21). The highest BCUT2D eigenvalue weighted by Gasteiger charge is 2.42. The molecule has 2 rings (SSSR count). The highest BCUT2D eigenvalue weighted by atomic mass is 19.1. The third kappa shape index (κ3) is 3.23. The molecule has 114 valence electrons. The Bertz CT molecular complexity index is 525. The van der Waals surface area contributed by atoms with Crippen LogP contribution in [0, 0.1) is 11.2 Å². The van der Waals surface area contributed by atoms with Crippen LogP contribution in [-0.2, 0) is 4.79 Å². The zero-order valence-corrected chi connectivity index (χ0v) is 12.1. The van der Waals surface area contributed by atoms with E-state index in [1.165, 1.54) is 24.3 Å². The van der Waals surface area contributed by atoms with Gasteiger partial charge in [-0.1, -0.05) is 13.3 Å². The maximum Gasteiger partial charge on any atom is 0.311 e. The molecule has 1 fully saturated rings. The van der Waals surface area contributed by atoms with Crippen molar-refractivity contribution in [1.29, 1.82) is 0 Å². The first-order valence-corrected chi connectivity index (χ1v) is 7.27. The molecule has 4 nitrogen and oxygen atoms in total.